The Bertz CT molecular complexity index is 708. The van der Waals surface area contributed by atoms with Crippen LogP contribution in [0.1, 0.15) is 27.7 Å². The maximum Gasteiger partial charge on any atom is 0.494 e. The lowest BCUT2D eigenvalue weighted by atomic mass is 9.79. The smallest absolute Gasteiger partial charge is 0.457 e. The average molecular weight is 332 g/mol. The Kier molecular flexibility index (Phi) is 4.14. The summed E-state index contributed by atoms with van der Waals surface area (Å²) in [5.41, 5.74) is 0.0316. The van der Waals surface area contributed by atoms with E-state index in [1.807, 2.05) is 39.8 Å². The molecule has 1 aliphatic rings. The summed E-state index contributed by atoms with van der Waals surface area (Å²) in [5, 5.41) is 0. The normalized spacial score (nSPS) is 18.7. The lowest BCUT2D eigenvalue weighted by Crippen LogP contribution is -2.41. The molecule has 0 atom stereocenters. The molecule has 0 aliphatic carbocycles. The molecule has 1 aliphatic heterocycles. The molecule has 0 amide bonds. The summed E-state index contributed by atoms with van der Waals surface area (Å²) < 4.78 is 43.8. The first-order valence-corrected chi connectivity index (χ1v) is 7.76. The predicted octanol–water partition coefficient (Wildman–Crippen LogP) is 4.06. The van der Waals surface area contributed by atoms with E-state index in [0.717, 1.165) is 23.7 Å². The van der Waals surface area contributed by atoms with Gasteiger partial charge in [0.25, 0.3) is 0 Å². The molecule has 0 N–H and O–H groups in total. The lowest BCUT2D eigenvalue weighted by molar-refractivity contribution is 0.00578. The third-order valence-electron chi connectivity index (χ3n) is 4.48. The van der Waals surface area contributed by atoms with Gasteiger partial charge in [-0.05, 0) is 45.3 Å². The average Bonchev–Trinajstić information content (AvgIpc) is 2.67. The van der Waals surface area contributed by atoms with Crippen molar-refractivity contribution in [2.45, 2.75) is 38.9 Å². The standard InChI is InChI=1S/C18H19BF2O3/c1-17(2)18(3,4)24-19(23-17)12-5-7-15(8-6-12)22-16-10-13(20)9-14(21)11-16/h5-11H,1-4H3. The molecular formula is C18H19BF2O3. The lowest BCUT2D eigenvalue weighted by Gasteiger charge is -2.32. The van der Waals surface area contributed by atoms with Gasteiger partial charge in [0.1, 0.15) is 23.1 Å². The van der Waals surface area contributed by atoms with Crippen LogP contribution in [0.5, 0.6) is 11.5 Å². The fourth-order valence-electron chi connectivity index (χ4n) is 2.40. The van der Waals surface area contributed by atoms with E-state index in [1.54, 1.807) is 12.1 Å². The van der Waals surface area contributed by atoms with E-state index in [0.29, 0.717) is 5.75 Å². The number of halogens is 2. The number of ether oxygens (including phenoxy) is 1. The first kappa shape index (κ1) is 16.9. The van der Waals surface area contributed by atoms with E-state index in [-0.39, 0.29) is 5.75 Å². The molecule has 0 bridgehead atoms. The zero-order chi connectivity index (χ0) is 17.5. The van der Waals surface area contributed by atoms with E-state index in [1.165, 1.54) is 0 Å². The highest BCUT2D eigenvalue weighted by Gasteiger charge is 2.51. The monoisotopic (exact) mass is 332 g/mol. The molecule has 0 saturated carbocycles. The van der Waals surface area contributed by atoms with Crippen molar-refractivity contribution < 1.29 is 22.8 Å². The minimum atomic E-state index is -0.682. The topological polar surface area (TPSA) is 27.7 Å². The highest BCUT2D eigenvalue weighted by atomic mass is 19.1. The summed E-state index contributed by atoms with van der Waals surface area (Å²) in [7, 11) is -0.462. The van der Waals surface area contributed by atoms with Crippen molar-refractivity contribution in [1.82, 2.24) is 0 Å². The van der Waals surface area contributed by atoms with Gasteiger partial charge in [-0.1, -0.05) is 12.1 Å². The number of hydrogen-bond donors (Lipinski definition) is 0. The minimum absolute atomic E-state index is 0.107. The van der Waals surface area contributed by atoms with Gasteiger partial charge in [-0.15, -0.1) is 0 Å². The molecule has 0 radical (unpaired) electrons. The quantitative estimate of drug-likeness (QED) is 0.794. The second-order valence-electron chi connectivity index (χ2n) is 6.86. The van der Waals surface area contributed by atoms with Crippen molar-refractivity contribution in [2.24, 2.45) is 0 Å². The molecule has 6 heteroatoms. The molecule has 1 heterocycles. The van der Waals surface area contributed by atoms with Gasteiger partial charge in [-0.25, -0.2) is 8.78 Å². The highest BCUT2D eigenvalue weighted by Crippen LogP contribution is 2.36. The van der Waals surface area contributed by atoms with Crippen LogP contribution in [-0.2, 0) is 9.31 Å². The molecule has 2 aromatic carbocycles. The largest absolute Gasteiger partial charge is 0.494 e. The van der Waals surface area contributed by atoms with Crippen LogP contribution >= 0.6 is 0 Å². The fraction of sp³-hybridized carbons (Fsp3) is 0.333. The third-order valence-corrected chi connectivity index (χ3v) is 4.48. The molecule has 1 saturated heterocycles. The maximum atomic E-state index is 13.2. The van der Waals surface area contributed by atoms with Crippen molar-refractivity contribution in [3.8, 4) is 11.5 Å². The molecule has 0 unspecified atom stereocenters. The summed E-state index contributed by atoms with van der Waals surface area (Å²) in [5.74, 6) is -0.783. The van der Waals surface area contributed by atoms with Gasteiger partial charge in [0, 0.05) is 18.2 Å². The Morgan fingerprint density at radius 3 is 1.79 bits per heavy atom. The molecule has 0 aromatic heterocycles. The summed E-state index contributed by atoms with van der Waals surface area (Å²) in [6.07, 6.45) is 0. The Hall–Kier alpha value is -1.92. The van der Waals surface area contributed by atoms with Gasteiger partial charge < -0.3 is 14.0 Å². The van der Waals surface area contributed by atoms with E-state index in [2.05, 4.69) is 0 Å². The Morgan fingerprint density at radius 2 is 1.29 bits per heavy atom. The van der Waals surface area contributed by atoms with Crippen molar-refractivity contribution in [2.75, 3.05) is 0 Å². The van der Waals surface area contributed by atoms with Gasteiger partial charge in [0.15, 0.2) is 0 Å². The third kappa shape index (κ3) is 3.30. The second kappa shape index (κ2) is 5.86. The molecule has 126 valence electrons. The van der Waals surface area contributed by atoms with Gasteiger partial charge in [0.2, 0.25) is 0 Å². The van der Waals surface area contributed by atoms with E-state index in [4.69, 9.17) is 14.0 Å². The van der Waals surface area contributed by atoms with Crippen LogP contribution in [0.2, 0.25) is 0 Å². The summed E-state index contributed by atoms with van der Waals surface area (Å²) >= 11 is 0. The van der Waals surface area contributed by atoms with Crippen LogP contribution < -0.4 is 10.2 Å². The molecule has 2 aromatic rings. The summed E-state index contributed by atoms with van der Waals surface area (Å²) in [6.45, 7) is 7.96. The Balaban J connectivity index is 1.74. The molecule has 0 spiro atoms. The van der Waals surface area contributed by atoms with Crippen LogP contribution in [0, 0.1) is 11.6 Å². The highest BCUT2D eigenvalue weighted by molar-refractivity contribution is 6.62. The number of hydrogen-bond acceptors (Lipinski definition) is 3. The van der Waals surface area contributed by atoms with Crippen molar-refractivity contribution in [3.05, 3.63) is 54.1 Å². The SMILES string of the molecule is CC1(C)OB(c2ccc(Oc3cc(F)cc(F)c3)cc2)OC1(C)C. The van der Waals surface area contributed by atoms with Gasteiger partial charge in [-0.2, -0.15) is 0 Å². The maximum absolute atomic E-state index is 13.2. The Labute approximate surface area is 140 Å². The summed E-state index contributed by atoms with van der Waals surface area (Å²) in [6, 6.07) is 10.1. The summed E-state index contributed by atoms with van der Waals surface area (Å²) in [4.78, 5) is 0. The first-order valence-electron chi connectivity index (χ1n) is 7.76. The van der Waals surface area contributed by atoms with Gasteiger partial charge >= 0.3 is 7.12 Å². The van der Waals surface area contributed by atoms with Crippen molar-refractivity contribution >= 4 is 12.6 Å². The molecule has 3 rings (SSSR count). The second-order valence-corrected chi connectivity index (χ2v) is 6.86. The number of rotatable bonds is 3. The molecular weight excluding hydrogens is 313 g/mol. The minimum Gasteiger partial charge on any atom is -0.457 e. The van der Waals surface area contributed by atoms with Crippen molar-refractivity contribution in [1.29, 1.82) is 0 Å². The fourth-order valence-corrected chi connectivity index (χ4v) is 2.40. The molecule has 1 fully saturated rings. The van der Waals surface area contributed by atoms with Crippen LogP contribution in [0.25, 0.3) is 0 Å². The van der Waals surface area contributed by atoms with Crippen molar-refractivity contribution in [3.63, 3.8) is 0 Å². The zero-order valence-corrected chi connectivity index (χ0v) is 14.1. The van der Waals surface area contributed by atoms with Crippen LogP contribution in [-0.4, -0.2) is 18.3 Å². The predicted molar refractivity (Wildman–Crippen MR) is 88.6 cm³/mol. The van der Waals surface area contributed by atoms with E-state index in [9.17, 15) is 8.78 Å². The zero-order valence-electron chi connectivity index (χ0n) is 14.1. The molecule has 3 nitrogen and oxygen atoms in total. The molecule has 24 heavy (non-hydrogen) atoms. The van der Waals surface area contributed by atoms with Crippen LogP contribution in [0.3, 0.4) is 0 Å². The van der Waals surface area contributed by atoms with Gasteiger partial charge in [0.05, 0.1) is 11.2 Å². The Morgan fingerprint density at radius 1 is 0.792 bits per heavy atom. The van der Waals surface area contributed by atoms with Crippen LogP contribution in [0.15, 0.2) is 42.5 Å². The first-order chi connectivity index (χ1) is 11.2. The van der Waals surface area contributed by atoms with Gasteiger partial charge in [-0.3, -0.25) is 0 Å². The number of benzene rings is 2. The van der Waals surface area contributed by atoms with E-state index >= 15 is 0 Å². The van der Waals surface area contributed by atoms with E-state index < -0.39 is 30.0 Å². The van der Waals surface area contributed by atoms with Crippen LogP contribution in [0.4, 0.5) is 8.78 Å².